The second kappa shape index (κ2) is 8.34. The minimum atomic E-state index is -0.523. The van der Waals surface area contributed by atoms with E-state index in [0.717, 1.165) is 5.56 Å². The first-order valence-corrected chi connectivity index (χ1v) is 7.63. The van der Waals surface area contributed by atoms with Crippen LogP contribution in [0.1, 0.15) is 11.1 Å². The number of hydrogen-bond donors (Lipinski definition) is 1. The van der Waals surface area contributed by atoms with Gasteiger partial charge in [0.05, 0.1) is 17.0 Å². The minimum Gasteiger partial charge on any atom is -0.455 e. The lowest BCUT2D eigenvalue weighted by Gasteiger charge is -2.07. The van der Waals surface area contributed by atoms with Gasteiger partial charge in [0.2, 0.25) is 0 Å². The van der Waals surface area contributed by atoms with Crippen LogP contribution in [-0.2, 0) is 20.7 Å². The minimum absolute atomic E-state index is 0.0488. The third kappa shape index (κ3) is 5.27. The number of halogens is 2. The van der Waals surface area contributed by atoms with Crippen LogP contribution < -0.4 is 5.32 Å². The molecule has 2 aromatic rings. The van der Waals surface area contributed by atoms with Gasteiger partial charge in [-0.25, -0.2) is 0 Å². The van der Waals surface area contributed by atoms with Crippen molar-refractivity contribution in [2.75, 3.05) is 11.9 Å². The summed E-state index contributed by atoms with van der Waals surface area (Å²) >= 11 is 11.6. The highest BCUT2D eigenvalue weighted by molar-refractivity contribution is 6.32. The molecule has 1 amide bonds. The van der Waals surface area contributed by atoms with E-state index in [4.69, 9.17) is 33.2 Å². The van der Waals surface area contributed by atoms with E-state index in [9.17, 15) is 9.59 Å². The van der Waals surface area contributed by atoms with Crippen molar-refractivity contribution in [3.05, 3.63) is 63.6 Å². The van der Waals surface area contributed by atoms with Gasteiger partial charge in [0.1, 0.15) is 6.07 Å². The van der Waals surface area contributed by atoms with Crippen LogP contribution in [0.5, 0.6) is 0 Å². The Bertz CT molecular complexity index is 798. The molecule has 0 bridgehead atoms. The number of hydrogen-bond acceptors (Lipinski definition) is 4. The summed E-state index contributed by atoms with van der Waals surface area (Å²) in [6.07, 6.45) is 0.0488. The van der Waals surface area contributed by atoms with E-state index in [1.165, 1.54) is 18.2 Å². The van der Waals surface area contributed by atoms with Crippen LogP contribution in [0, 0.1) is 11.3 Å². The lowest BCUT2D eigenvalue weighted by molar-refractivity contribution is -0.146. The average Bonchev–Trinajstić information content (AvgIpc) is 2.55. The molecule has 1 N–H and O–H groups in total. The summed E-state index contributed by atoms with van der Waals surface area (Å²) < 4.78 is 4.92. The van der Waals surface area contributed by atoms with Gasteiger partial charge < -0.3 is 10.1 Å². The number of esters is 1. The summed E-state index contributed by atoms with van der Waals surface area (Å²) in [5.74, 6) is -1.02. The van der Waals surface area contributed by atoms with Gasteiger partial charge in [-0.15, -0.1) is 0 Å². The van der Waals surface area contributed by atoms with Crippen LogP contribution in [0.2, 0.25) is 10.0 Å². The maximum atomic E-state index is 11.8. The maximum absolute atomic E-state index is 11.8. The number of ether oxygens (including phenoxy) is 1. The van der Waals surface area contributed by atoms with Crippen LogP contribution in [0.15, 0.2) is 42.5 Å². The average molecular weight is 363 g/mol. The van der Waals surface area contributed by atoms with Crippen LogP contribution in [0.25, 0.3) is 0 Å². The van der Waals surface area contributed by atoms with Gasteiger partial charge in [0, 0.05) is 10.7 Å². The van der Waals surface area contributed by atoms with Crippen molar-refractivity contribution in [2.24, 2.45) is 0 Å². The van der Waals surface area contributed by atoms with E-state index >= 15 is 0 Å². The second-order valence-electron chi connectivity index (χ2n) is 4.82. The Labute approximate surface area is 148 Å². The van der Waals surface area contributed by atoms with E-state index in [1.54, 1.807) is 24.3 Å². The van der Waals surface area contributed by atoms with Gasteiger partial charge in [-0.1, -0.05) is 35.3 Å². The van der Waals surface area contributed by atoms with Gasteiger partial charge in [0.15, 0.2) is 6.61 Å². The fourth-order valence-corrected chi connectivity index (χ4v) is 2.20. The molecule has 122 valence electrons. The highest BCUT2D eigenvalue weighted by Crippen LogP contribution is 2.20. The molecule has 0 saturated heterocycles. The number of nitrogens with one attached hydrogen (secondary N) is 1. The summed E-state index contributed by atoms with van der Waals surface area (Å²) in [6, 6.07) is 13.2. The zero-order valence-corrected chi connectivity index (χ0v) is 13.9. The van der Waals surface area contributed by atoms with Crippen molar-refractivity contribution in [1.82, 2.24) is 0 Å². The zero-order chi connectivity index (χ0) is 17.5. The predicted octanol–water partition coefficient (Wildman–Crippen LogP) is 3.59. The third-order valence-corrected chi connectivity index (χ3v) is 3.56. The predicted molar refractivity (Wildman–Crippen MR) is 90.9 cm³/mol. The third-order valence-electron chi connectivity index (χ3n) is 3.00. The molecule has 0 heterocycles. The van der Waals surface area contributed by atoms with E-state index in [1.807, 2.05) is 6.07 Å². The number of nitriles is 1. The highest BCUT2D eigenvalue weighted by Gasteiger charge is 2.10. The van der Waals surface area contributed by atoms with Gasteiger partial charge >= 0.3 is 5.97 Å². The molecular weight excluding hydrogens is 351 g/mol. The van der Waals surface area contributed by atoms with Gasteiger partial charge in [-0.3, -0.25) is 9.59 Å². The van der Waals surface area contributed by atoms with Crippen LogP contribution in [-0.4, -0.2) is 18.5 Å². The van der Waals surface area contributed by atoms with Gasteiger partial charge in [0.25, 0.3) is 5.91 Å². The lowest BCUT2D eigenvalue weighted by Crippen LogP contribution is -2.21. The molecule has 0 unspecified atom stereocenters. The molecule has 0 spiro atoms. The van der Waals surface area contributed by atoms with E-state index in [2.05, 4.69) is 5.32 Å². The fraction of sp³-hybridized carbons (Fsp3) is 0.118. The van der Waals surface area contributed by atoms with Gasteiger partial charge in [-0.2, -0.15) is 5.26 Å². The molecule has 5 nitrogen and oxygen atoms in total. The Hall–Kier alpha value is -2.55. The Morgan fingerprint density at radius 2 is 1.83 bits per heavy atom. The molecule has 0 radical (unpaired) electrons. The van der Waals surface area contributed by atoms with Crippen LogP contribution in [0.4, 0.5) is 5.69 Å². The number of anilines is 1. The summed E-state index contributed by atoms with van der Waals surface area (Å²) in [5.41, 5.74) is 1.46. The standard InChI is InChI=1S/C17H12Cl2N2O3/c18-13-4-1-11(2-5-13)7-17(23)24-10-16(22)21-14-6-3-12(9-20)15(19)8-14/h1-6,8H,7,10H2,(H,21,22). The van der Waals surface area contributed by atoms with Crippen molar-refractivity contribution in [1.29, 1.82) is 5.26 Å². The second-order valence-corrected chi connectivity index (χ2v) is 5.66. The summed E-state index contributed by atoms with van der Waals surface area (Å²) in [6.45, 7) is -0.413. The van der Waals surface area contributed by atoms with E-state index in [-0.39, 0.29) is 11.4 Å². The quantitative estimate of drug-likeness (QED) is 0.824. The van der Waals surface area contributed by atoms with Crippen LogP contribution >= 0.6 is 23.2 Å². The summed E-state index contributed by atoms with van der Waals surface area (Å²) in [7, 11) is 0. The van der Waals surface area contributed by atoms with Crippen molar-refractivity contribution >= 4 is 40.8 Å². The molecule has 2 aromatic carbocycles. The first-order chi connectivity index (χ1) is 11.5. The lowest BCUT2D eigenvalue weighted by atomic mass is 10.1. The molecule has 7 heteroatoms. The molecule has 0 aliphatic rings. The maximum Gasteiger partial charge on any atom is 0.310 e. The Morgan fingerprint density at radius 3 is 2.46 bits per heavy atom. The molecule has 24 heavy (non-hydrogen) atoms. The first-order valence-electron chi connectivity index (χ1n) is 6.87. The topological polar surface area (TPSA) is 79.2 Å². The number of nitrogens with zero attached hydrogens (tertiary/aromatic N) is 1. The largest absolute Gasteiger partial charge is 0.455 e. The van der Waals surface area contributed by atoms with E-state index < -0.39 is 18.5 Å². The molecule has 0 fully saturated rings. The molecule has 0 aromatic heterocycles. The Balaban J connectivity index is 1.82. The van der Waals surface area contributed by atoms with Gasteiger partial charge in [-0.05, 0) is 35.9 Å². The zero-order valence-electron chi connectivity index (χ0n) is 12.4. The van der Waals surface area contributed by atoms with Crippen LogP contribution in [0.3, 0.4) is 0 Å². The molecule has 0 saturated carbocycles. The van der Waals surface area contributed by atoms with Crippen molar-refractivity contribution in [3.63, 3.8) is 0 Å². The molecule has 0 aliphatic heterocycles. The SMILES string of the molecule is N#Cc1ccc(NC(=O)COC(=O)Cc2ccc(Cl)cc2)cc1Cl. The van der Waals surface area contributed by atoms with Crippen molar-refractivity contribution in [3.8, 4) is 6.07 Å². The van der Waals surface area contributed by atoms with Crippen molar-refractivity contribution in [2.45, 2.75) is 6.42 Å². The first kappa shape index (κ1) is 17.8. The number of amides is 1. The fourth-order valence-electron chi connectivity index (χ4n) is 1.85. The Morgan fingerprint density at radius 1 is 1.12 bits per heavy atom. The smallest absolute Gasteiger partial charge is 0.310 e. The summed E-state index contributed by atoms with van der Waals surface area (Å²) in [4.78, 5) is 23.5. The molecular formula is C17H12Cl2N2O3. The molecule has 0 atom stereocenters. The Kier molecular flexibility index (Phi) is 6.19. The van der Waals surface area contributed by atoms with Crippen molar-refractivity contribution < 1.29 is 14.3 Å². The summed E-state index contributed by atoms with van der Waals surface area (Å²) in [5, 5.41) is 12.1. The number of benzene rings is 2. The number of carbonyl (C=O) groups is 2. The highest BCUT2D eigenvalue weighted by atomic mass is 35.5. The monoisotopic (exact) mass is 362 g/mol. The molecule has 2 rings (SSSR count). The normalized spacial score (nSPS) is 9.88. The van der Waals surface area contributed by atoms with E-state index in [0.29, 0.717) is 16.3 Å². The molecule has 0 aliphatic carbocycles. The number of rotatable bonds is 5. The number of carbonyl (C=O) groups excluding carboxylic acids is 2.